The van der Waals surface area contributed by atoms with Crippen molar-refractivity contribution in [1.29, 1.82) is 0 Å². The second-order valence-electron chi connectivity index (χ2n) is 4.83. The first-order chi connectivity index (χ1) is 7.68. The highest BCUT2D eigenvalue weighted by atomic mass is 32.1. The van der Waals surface area contributed by atoms with Crippen LogP contribution < -0.4 is 5.32 Å². The molecule has 0 aliphatic heterocycles. The standard InChI is InChI=1S/C13H22N2S/c1-4-14-13(8-6-5-7-9-13)12-15-10(2)11(3)16-12/h14H,4-9H2,1-3H3. The summed E-state index contributed by atoms with van der Waals surface area (Å²) in [4.78, 5) is 6.15. The molecule has 1 fully saturated rings. The monoisotopic (exact) mass is 238 g/mol. The number of nitrogens with one attached hydrogen (secondary N) is 1. The lowest BCUT2D eigenvalue weighted by molar-refractivity contribution is 0.237. The van der Waals surface area contributed by atoms with E-state index in [4.69, 9.17) is 4.98 Å². The number of thiazole rings is 1. The molecule has 1 aliphatic carbocycles. The van der Waals surface area contributed by atoms with Crippen LogP contribution in [0, 0.1) is 13.8 Å². The molecule has 1 aliphatic rings. The SMILES string of the molecule is CCNC1(c2nc(C)c(C)s2)CCCCC1. The molecule has 1 heterocycles. The van der Waals surface area contributed by atoms with Crippen molar-refractivity contribution in [3.63, 3.8) is 0 Å². The molecule has 0 unspecified atom stereocenters. The third-order valence-corrected chi connectivity index (χ3v) is 4.94. The zero-order valence-electron chi connectivity index (χ0n) is 10.6. The fraction of sp³-hybridized carbons (Fsp3) is 0.769. The molecule has 2 nitrogen and oxygen atoms in total. The number of hydrogen-bond donors (Lipinski definition) is 1. The highest BCUT2D eigenvalue weighted by Gasteiger charge is 2.35. The maximum Gasteiger partial charge on any atom is 0.113 e. The summed E-state index contributed by atoms with van der Waals surface area (Å²) < 4.78 is 0. The molecule has 1 saturated carbocycles. The van der Waals surface area contributed by atoms with E-state index in [0.29, 0.717) is 0 Å². The van der Waals surface area contributed by atoms with Gasteiger partial charge < -0.3 is 5.32 Å². The summed E-state index contributed by atoms with van der Waals surface area (Å²) in [7, 11) is 0. The Kier molecular flexibility index (Phi) is 3.65. The minimum Gasteiger partial charge on any atom is -0.306 e. The number of aromatic nitrogens is 1. The molecule has 1 aromatic heterocycles. The first-order valence-electron chi connectivity index (χ1n) is 6.37. The third-order valence-electron chi connectivity index (χ3n) is 3.66. The Hall–Kier alpha value is -0.410. The lowest BCUT2D eigenvalue weighted by atomic mass is 9.82. The van der Waals surface area contributed by atoms with E-state index in [1.54, 1.807) is 0 Å². The summed E-state index contributed by atoms with van der Waals surface area (Å²) in [6.45, 7) is 7.54. The van der Waals surface area contributed by atoms with Crippen molar-refractivity contribution in [2.45, 2.75) is 58.4 Å². The molecule has 90 valence electrons. The molecule has 1 N–H and O–H groups in total. The number of nitrogens with zero attached hydrogens (tertiary/aromatic N) is 1. The Morgan fingerprint density at radius 3 is 2.44 bits per heavy atom. The predicted molar refractivity (Wildman–Crippen MR) is 70.0 cm³/mol. The van der Waals surface area contributed by atoms with E-state index < -0.39 is 0 Å². The average Bonchev–Trinajstić information content (AvgIpc) is 2.62. The third kappa shape index (κ3) is 2.16. The highest BCUT2D eigenvalue weighted by Crippen LogP contribution is 2.39. The largest absolute Gasteiger partial charge is 0.306 e. The number of aryl methyl sites for hydroxylation is 2. The summed E-state index contributed by atoms with van der Waals surface area (Å²) in [5.41, 5.74) is 1.40. The summed E-state index contributed by atoms with van der Waals surface area (Å²) in [6, 6.07) is 0. The summed E-state index contributed by atoms with van der Waals surface area (Å²) >= 11 is 1.89. The Morgan fingerprint density at radius 2 is 1.94 bits per heavy atom. The van der Waals surface area contributed by atoms with Gasteiger partial charge in [0.2, 0.25) is 0 Å². The van der Waals surface area contributed by atoms with E-state index in [-0.39, 0.29) is 5.54 Å². The van der Waals surface area contributed by atoms with Gasteiger partial charge in [0.05, 0.1) is 11.2 Å². The van der Waals surface area contributed by atoms with Crippen LogP contribution in [0.15, 0.2) is 0 Å². The van der Waals surface area contributed by atoms with Gasteiger partial charge in [-0.25, -0.2) is 4.98 Å². The Morgan fingerprint density at radius 1 is 1.25 bits per heavy atom. The molecule has 1 aromatic rings. The van der Waals surface area contributed by atoms with Gasteiger partial charge in [0.15, 0.2) is 0 Å². The van der Waals surface area contributed by atoms with E-state index in [0.717, 1.165) is 6.54 Å². The Labute approximate surface area is 102 Å². The van der Waals surface area contributed by atoms with Gasteiger partial charge in [-0.05, 0) is 33.2 Å². The first kappa shape index (κ1) is 12.1. The van der Waals surface area contributed by atoms with Crippen molar-refractivity contribution in [1.82, 2.24) is 10.3 Å². The Bertz CT molecular complexity index is 326. The predicted octanol–water partition coefficient (Wildman–Crippen LogP) is 3.53. The quantitative estimate of drug-likeness (QED) is 0.871. The van der Waals surface area contributed by atoms with Crippen LogP contribution in [0.2, 0.25) is 0 Å². The molecular formula is C13H22N2S. The molecule has 16 heavy (non-hydrogen) atoms. The van der Waals surface area contributed by atoms with Crippen molar-refractivity contribution in [2.24, 2.45) is 0 Å². The van der Waals surface area contributed by atoms with Gasteiger partial charge in [0, 0.05) is 4.88 Å². The first-order valence-corrected chi connectivity index (χ1v) is 7.19. The van der Waals surface area contributed by atoms with Crippen molar-refractivity contribution in [3.8, 4) is 0 Å². The molecule has 0 spiro atoms. The van der Waals surface area contributed by atoms with E-state index in [1.807, 2.05) is 11.3 Å². The van der Waals surface area contributed by atoms with Crippen LogP contribution >= 0.6 is 11.3 Å². The van der Waals surface area contributed by atoms with Gasteiger partial charge in [-0.1, -0.05) is 26.2 Å². The molecule has 2 rings (SSSR count). The molecule has 3 heteroatoms. The maximum absolute atomic E-state index is 4.78. The van der Waals surface area contributed by atoms with Crippen LogP contribution in [0.25, 0.3) is 0 Å². The van der Waals surface area contributed by atoms with Crippen LogP contribution in [-0.4, -0.2) is 11.5 Å². The maximum atomic E-state index is 4.78. The molecule has 0 bridgehead atoms. The summed E-state index contributed by atoms with van der Waals surface area (Å²) in [6.07, 6.45) is 6.58. The minimum atomic E-state index is 0.191. The fourth-order valence-electron chi connectivity index (χ4n) is 2.64. The zero-order valence-corrected chi connectivity index (χ0v) is 11.4. The lowest BCUT2D eigenvalue weighted by Gasteiger charge is -2.36. The normalized spacial score (nSPS) is 19.9. The second kappa shape index (κ2) is 4.84. The number of rotatable bonds is 3. The molecule has 0 atom stereocenters. The van der Waals surface area contributed by atoms with Gasteiger partial charge in [0.25, 0.3) is 0 Å². The number of hydrogen-bond acceptors (Lipinski definition) is 3. The second-order valence-corrected chi connectivity index (χ2v) is 6.04. The molecule has 0 radical (unpaired) electrons. The molecular weight excluding hydrogens is 216 g/mol. The average molecular weight is 238 g/mol. The van der Waals surface area contributed by atoms with Crippen molar-refractivity contribution in [2.75, 3.05) is 6.54 Å². The van der Waals surface area contributed by atoms with Gasteiger partial charge >= 0.3 is 0 Å². The van der Waals surface area contributed by atoms with E-state index >= 15 is 0 Å². The van der Waals surface area contributed by atoms with Crippen LogP contribution in [0.1, 0.15) is 54.6 Å². The van der Waals surface area contributed by atoms with E-state index in [9.17, 15) is 0 Å². The minimum absolute atomic E-state index is 0.191. The van der Waals surface area contributed by atoms with Crippen LogP contribution in [0.5, 0.6) is 0 Å². The van der Waals surface area contributed by atoms with Crippen molar-refractivity contribution >= 4 is 11.3 Å². The van der Waals surface area contributed by atoms with Gasteiger partial charge in [-0.3, -0.25) is 0 Å². The van der Waals surface area contributed by atoms with Crippen LogP contribution in [0.3, 0.4) is 0 Å². The van der Waals surface area contributed by atoms with Gasteiger partial charge in [-0.15, -0.1) is 11.3 Å². The zero-order chi connectivity index (χ0) is 11.6. The van der Waals surface area contributed by atoms with Gasteiger partial charge in [0.1, 0.15) is 5.01 Å². The fourth-order valence-corrected chi connectivity index (χ4v) is 3.78. The summed E-state index contributed by atoms with van der Waals surface area (Å²) in [5, 5.41) is 5.03. The Balaban J connectivity index is 2.30. The highest BCUT2D eigenvalue weighted by molar-refractivity contribution is 7.11. The van der Waals surface area contributed by atoms with E-state index in [2.05, 4.69) is 26.1 Å². The molecule has 0 aromatic carbocycles. The molecule has 0 saturated heterocycles. The van der Waals surface area contributed by atoms with E-state index in [1.165, 1.54) is 47.7 Å². The van der Waals surface area contributed by atoms with Crippen LogP contribution in [0.4, 0.5) is 0 Å². The summed E-state index contributed by atoms with van der Waals surface area (Å²) in [5.74, 6) is 0. The van der Waals surface area contributed by atoms with Crippen molar-refractivity contribution < 1.29 is 0 Å². The topological polar surface area (TPSA) is 24.9 Å². The lowest BCUT2D eigenvalue weighted by Crippen LogP contribution is -2.43. The molecule has 0 amide bonds. The van der Waals surface area contributed by atoms with Crippen molar-refractivity contribution in [3.05, 3.63) is 15.6 Å². The van der Waals surface area contributed by atoms with Crippen LogP contribution in [-0.2, 0) is 5.54 Å². The van der Waals surface area contributed by atoms with Gasteiger partial charge in [-0.2, -0.15) is 0 Å². The smallest absolute Gasteiger partial charge is 0.113 e.